The Labute approximate surface area is 182 Å². The molecule has 1 saturated heterocycles. The first-order chi connectivity index (χ1) is 14.1. The Morgan fingerprint density at radius 1 is 1.45 bits per heavy atom. The molecule has 0 atom stereocenters. The number of hydrogen-bond acceptors (Lipinski definition) is 7. The number of fused-ring (bicyclic) bond motifs is 1. The van der Waals surface area contributed by atoms with Crippen LogP contribution in [0, 0.1) is 0 Å². The van der Waals surface area contributed by atoms with E-state index in [4.69, 9.17) is 4.74 Å². The van der Waals surface area contributed by atoms with E-state index in [0.717, 1.165) is 16.7 Å². The van der Waals surface area contributed by atoms with E-state index in [1.54, 1.807) is 30.1 Å². The number of thioether (sulfide) groups is 1. The van der Waals surface area contributed by atoms with Gasteiger partial charge in [0.15, 0.2) is 5.82 Å². The highest BCUT2D eigenvalue weighted by molar-refractivity contribution is 7.97. The van der Waals surface area contributed by atoms with Crippen LogP contribution in [0.25, 0.3) is 11.0 Å². The first-order valence-electron chi connectivity index (χ1n) is 9.04. The third kappa shape index (κ3) is 7.51. The zero-order valence-corrected chi connectivity index (χ0v) is 18.9. The number of nitrogens with zero attached hydrogens (tertiary/aromatic N) is 3. The molecule has 2 aromatic heterocycles. The van der Waals surface area contributed by atoms with Crippen LogP contribution < -0.4 is 10.2 Å². The van der Waals surface area contributed by atoms with Gasteiger partial charge in [-0.3, -0.25) is 4.90 Å². The summed E-state index contributed by atoms with van der Waals surface area (Å²) in [5, 5.41) is 3.91. The quantitative estimate of drug-likeness (QED) is 0.456. The van der Waals surface area contributed by atoms with Crippen molar-refractivity contribution in [3.63, 3.8) is 0 Å². The van der Waals surface area contributed by atoms with E-state index in [1.165, 1.54) is 4.90 Å². The summed E-state index contributed by atoms with van der Waals surface area (Å²) in [6.45, 7) is 10.7. The maximum atomic E-state index is 11.8. The van der Waals surface area contributed by atoms with Crippen molar-refractivity contribution in [1.29, 1.82) is 0 Å². The monoisotopic (exact) mass is 435 g/mol. The first kappa shape index (κ1) is 24.6. The number of thiol groups is 1. The fourth-order valence-corrected chi connectivity index (χ4v) is 2.33. The summed E-state index contributed by atoms with van der Waals surface area (Å²) in [5.41, 5.74) is 1.61. The molecule has 2 N–H and O–H groups in total. The second-order valence-electron chi connectivity index (χ2n) is 5.64. The van der Waals surface area contributed by atoms with Crippen molar-refractivity contribution in [2.45, 2.75) is 6.92 Å². The standard InChI is InChI=1S/C16H17N5O2.2C2H6S/c1-3-5-11(4-2)10-18-15-19-13-12(6-7-17-13)14(20-15)21-8-9-23-16(21)22;1-3-2;1-2-3/h3-7H,1-2,8-10H2,(H2,17,18,19,20);1-2H3;3H,2H2,1H3/b11-5+;;. The third-order valence-corrected chi connectivity index (χ3v) is 3.46. The van der Waals surface area contributed by atoms with Gasteiger partial charge in [-0.25, -0.2) is 4.79 Å². The van der Waals surface area contributed by atoms with Crippen molar-refractivity contribution in [1.82, 2.24) is 15.0 Å². The molecular formula is C20H29N5O2S2. The Morgan fingerprint density at radius 2 is 2.14 bits per heavy atom. The number of carbonyl (C=O) groups excluding carboxylic acids is 1. The van der Waals surface area contributed by atoms with Gasteiger partial charge in [0.25, 0.3) is 0 Å². The second kappa shape index (κ2) is 13.7. The Hall–Kier alpha value is -2.39. The maximum Gasteiger partial charge on any atom is 0.415 e. The number of H-pyrrole nitrogens is 1. The summed E-state index contributed by atoms with van der Waals surface area (Å²) in [6.07, 6.45) is 10.7. The SMILES string of the molecule is C=C/C=C(\C=C)CNc1nc(N2CCOC2=O)c2cc[nH]c2n1.CCS.CSC. The van der Waals surface area contributed by atoms with E-state index in [1.807, 2.05) is 31.6 Å². The lowest BCUT2D eigenvalue weighted by atomic mass is 10.2. The fourth-order valence-electron chi connectivity index (χ4n) is 2.33. The maximum absolute atomic E-state index is 11.8. The van der Waals surface area contributed by atoms with Gasteiger partial charge in [0.1, 0.15) is 12.3 Å². The van der Waals surface area contributed by atoms with Gasteiger partial charge in [-0.2, -0.15) is 34.4 Å². The highest BCUT2D eigenvalue weighted by Gasteiger charge is 2.27. The van der Waals surface area contributed by atoms with Crippen LogP contribution in [0.15, 0.2) is 49.2 Å². The normalized spacial score (nSPS) is 13.0. The molecule has 0 radical (unpaired) electrons. The van der Waals surface area contributed by atoms with Crippen molar-refractivity contribution in [3.8, 4) is 0 Å². The lowest BCUT2D eigenvalue weighted by molar-refractivity contribution is 0.181. The average Bonchev–Trinajstić information content (AvgIpc) is 3.34. The Balaban J connectivity index is 0.000000626. The molecule has 0 unspecified atom stereocenters. The highest BCUT2D eigenvalue weighted by atomic mass is 32.2. The highest BCUT2D eigenvalue weighted by Crippen LogP contribution is 2.26. The molecule has 7 nitrogen and oxygen atoms in total. The molecule has 158 valence electrons. The van der Waals surface area contributed by atoms with Crippen LogP contribution in [-0.2, 0) is 4.74 Å². The molecular weight excluding hydrogens is 406 g/mol. The predicted octanol–water partition coefficient (Wildman–Crippen LogP) is 4.54. The van der Waals surface area contributed by atoms with Crippen LogP contribution in [0.2, 0.25) is 0 Å². The number of amides is 1. The number of aromatic nitrogens is 3. The molecule has 2 aromatic rings. The smallest absolute Gasteiger partial charge is 0.415 e. The van der Waals surface area contributed by atoms with E-state index in [2.05, 4.69) is 46.1 Å². The summed E-state index contributed by atoms with van der Waals surface area (Å²) in [6, 6.07) is 1.84. The molecule has 0 aromatic carbocycles. The van der Waals surface area contributed by atoms with Crippen LogP contribution in [0.4, 0.5) is 16.6 Å². The van der Waals surface area contributed by atoms with Gasteiger partial charge in [-0.05, 0) is 29.9 Å². The second-order valence-corrected chi connectivity index (χ2v) is 7.09. The van der Waals surface area contributed by atoms with Gasteiger partial charge in [-0.1, -0.05) is 38.3 Å². The zero-order chi connectivity index (χ0) is 21.6. The van der Waals surface area contributed by atoms with Gasteiger partial charge >= 0.3 is 6.09 Å². The predicted molar refractivity (Wildman–Crippen MR) is 129 cm³/mol. The fraction of sp³-hybridized carbons (Fsp3) is 0.350. The molecule has 0 aliphatic carbocycles. The minimum atomic E-state index is -0.393. The van der Waals surface area contributed by atoms with E-state index in [-0.39, 0.29) is 0 Å². The minimum Gasteiger partial charge on any atom is -0.447 e. The lowest BCUT2D eigenvalue weighted by Crippen LogP contribution is -2.25. The van der Waals surface area contributed by atoms with E-state index >= 15 is 0 Å². The van der Waals surface area contributed by atoms with Crippen LogP contribution in [0.5, 0.6) is 0 Å². The van der Waals surface area contributed by atoms with Gasteiger partial charge < -0.3 is 15.0 Å². The van der Waals surface area contributed by atoms with Crippen molar-refractivity contribution < 1.29 is 9.53 Å². The number of aromatic amines is 1. The van der Waals surface area contributed by atoms with Gasteiger partial charge in [0.2, 0.25) is 5.95 Å². The largest absolute Gasteiger partial charge is 0.447 e. The topological polar surface area (TPSA) is 83.1 Å². The lowest BCUT2D eigenvalue weighted by Gasteiger charge is -2.14. The number of allylic oxidation sites excluding steroid dienone is 2. The number of anilines is 2. The van der Waals surface area contributed by atoms with Crippen LogP contribution in [0.3, 0.4) is 0 Å². The van der Waals surface area contributed by atoms with Gasteiger partial charge in [0.05, 0.1) is 11.9 Å². The first-order valence-corrected chi connectivity index (χ1v) is 11.3. The number of carbonyl (C=O) groups is 1. The molecule has 0 bridgehead atoms. The number of nitrogens with one attached hydrogen (secondary N) is 2. The summed E-state index contributed by atoms with van der Waals surface area (Å²) in [5.74, 6) is 1.90. The van der Waals surface area contributed by atoms with Gasteiger partial charge in [0, 0.05) is 12.7 Å². The molecule has 0 saturated carbocycles. The number of cyclic esters (lactones) is 1. The number of ether oxygens (including phenoxy) is 1. The minimum absolute atomic E-state index is 0.361. The van der Waals surface area contributed by atoms with Gasteiger partial charge in [-0.15, -0.1) is 0 Å². The van der Waals surface area contributed by atoms with Crippen molar-refractivity contribution >= 4 is 53.3 Å². The molecule has 0 spiro atoms. The molecule has 3 heterocycles. The molecule has 29 heavy (non-hydrogen) atoms. The molecule has 1 aliphatic rings. The summed E-state index contributed by atoms with van der Waals surface area (Å²) in [7, 11) is 0. The molecule has 9 heteroatoms. The van der Waals surface area contributed by atoms with E-state index < -0.39 is 6.09 Å². The van der Waals surface area contributed by atoms with Crippen LogP contribution >= 0.6 is 24.4 Å². The third-order valence-electron chi connectivity index (χ3n) is 3.46. The molecule has 1 aliphatic heterocycles. The van der Waals surface area contributed by atoms with Crippen molar-refractivity contribution in [3.05, 3.63) is 49.2 Å². The van der Waals surface area contributed by atoms with Crippen LogP contribution in [-0.4, -0.2) is 59.0 Å². The van der Waals surface area contributed by atoms with E-state index in [0.29, 0.717) is 37.1 Å². The Kier molecular flexibility index (Phi) is 11.7. The molecule has 1 amide bonds. The average molecular weight is 436 g/mol. The number of rotatable bonds is 6. The van der Waals surface area contributed by atoms with E-state index in [9.17, 15) is 4.79 Å². The Bertz CT molecular complexity index is 833. The molecule has 1 fully saturated rings. The number of hydrogen-bond donors (Lipinski definition) is 3. The summed E-state index contributed by atoms with van der Waals surface area (Å²) in [4.78, 5) is 25.3. The summed E-state index contributed by atoms with van der Waals surface area (Å²) >= 11 is 5.54. The Morgan fingerprint density at radius 3 is 2.69 bits per heavy atom. The van der Waals surface area contributed by atoms with Crippen LogP contribution in [0.1, 0.15) is 6.92 Å². The zero-order valence-electron chi connectivity index (χ0n) is 17.1. The van der Waals surface area contributed by atoms with Crippen molar-refractivity contribution in [2.75, 3.05) is 48.2 Å². The summed E-state index contributed by atoms with van der Waals surface area (Å²) < 4.78 is 5.00. The molecule has 3 rings (SSSR count). The van der Waals surface area contributed by atoms with Crippen molar-refractivity contribution in [2.24, 2.45) is 0 Å².